The van der Waals surface area contributed by atoms with E-state index in [1.54, 1.807) is 13.8 Å². The summed E-state index contributed by atoms with van der Waals surface area (Å²) in [5.74, 6) is -1.42. The van der Waals surface area contributed by atoms with E-state index in [1.807, 2.05) is 0 Å². The number of aliphatic carboxylic acids is 1. The average Bonchev–Trinajstić information content (AvgIpc) is 1.95. The number of carboxylic acids is 1. The van der Waals surface area contributed by atoms with Crippen LogP contribution in [0.15, 0.2) is 0 Å². The van der Waals surface area contributed by atoms with Gasteiger partial charge in [0.2, 0.25) is 5.91 Å². The topological polar surface area (TPSA) is 113 Å². The van der Waals surface area contributed by atoms with E-state index in [-0.39, 0.29) is 18.9 Å². The minimum Gasteiger partial charge on any atom is -0.481 e. The van der Waals surface area contributed by atoms with Crippen molar-refractivity contribution in [2.75, 3.05) is 6.54 Å². The standard InChI is InChI=1S/C10H20N2O4/c1-9(2,11)4-7(13)12-6-10(3,16)5-8(14)15/h16H,4-6,11H2,1-3H3,(H,12,13)(H,14,15). The first-order valence-electron chi connectivity index (χ1n) is 5.02. The lowest BCUT2D eigenvalue weighted by Crippen LogP contribution is -2.45. The number of nitrogens with one attached hydrogen (secondary N) is 1. The van der Waals surface area contributed by atoms with Crippen LogP contribution in [0.2, 0.25) is 0 Å². The molecule has 0 aliphatic rings. The van der Waals surface area contributed by atoms with Gasteiger partial charge in [-0.15, -0.1) is 0 Å². The lowest BCUT2D eigenvalue weighted by molar-refractivity contribution is -0.142. The largest absolute Gasteiger partial charge is 0.481 e. The van der Waals surface area contributed by atoms with Crippen LogP contribution in [0.25, 0.3) is 0 Å². The van der Waals surface area contributed by atoms with Gasteiger partial charge in [-0.2, -0.15) is 0 Å². The van der Waals surface area contributed by atoms with E-state index in [1.165, 1.54) is 6.92 Å². The molecule has 6 heteroatoms. The molecular formula is C10H20N2O4. The maximum Gasteiger partial charge on any atom is 0.306 e. The Morgan fingerprint density at radius 2 is 1.75 bits per heavy atom. The van der Waals surface area contributed by atoms with Crippen molar-refractivity contribution in [3.8, 4) is 0 Å². The van der Waals surface area contributed by atoms with Crippen molar-refractivity contribution in [2.24, 2.45) is 5.73 Å². The fourth-order valence-electron chi connectivity index (χ4n) is 1.15. The zero-order valence-corrected chi connectivity index (χ0v) is 9.91. The maximum absolute atomic E-state index is 11.3. The second-order valence-corrected chi connectivity index (χ2v) is 5.01. The number of rotatable bonds is 6. The van der Waals surface area contributed by atoms with Crippen LogP contribution in [-0.4, -0.2) is 39.8 Å². The van der Waals surface area contributed by atoms with Crippen LogP contribution in [0.1, 0.15) is 33.6 Å². The Kier molecular flexibility index (Phi) is 4.89. The fraction of sp³-hybridized carbons (Fsp3) is 0.800. The second-order valence-electron chi connectivity index (χ2n) is 5.01. The fourth-order valence-corrected chi connectivity index (χ4v) is 1.15. The molecule has 0 heterocycles. The molecule has 0 aromatic rings. The van der Waals surface area contributed by atoms with E-state index >= 15 is 0 Å². The van der Waals surface area contributed by atoms with E-state index < -0.39 is 23.5 Å². The quantitative estimate of drug-likeness (QED) is 0.491. The van der Waals surface area contributed by atoms with Gasteiger partial charge in [0.25, 0.3) is 0 Å². The number of amides is 1. The van der Waals surface area contributed by atoms with Gasteiger partial charge in [0.1, 0.15) is 0 Å². The van der Waals surface area contributed by atoms with Gasteiger partial charge in [-0.3, -0.25) is 9.59 Å². The summed E-state index contributed by atoms with van der Waals surface area (Å²) in [4.78, 5) is 21.7. The lowest BCUT2D eigenvalue weighted by atomic mass is 10.0. The molecule has 1 atom stereocenters. The number of carboxylic acid groups (broad SMARTS) is 1. The maximum atomic E-state index is 11.3. The molecule has 5 N–H and O–H groups in total. The van der Waals surface area contributed by atoms with Gasteiger partial charge in [-0.25, -0.2) is 0 Å². The molecule has 0 aromatic carbocycles. The Bertz CT molecular complexity index is 268. The van der Waals surface area contributed by atoms with Gasteiger partial charge in [-0.05, 0) is 20.8 Å². The van der Waals surface area contributed by atoms with Gasteiger partial charge in [0, 0.05) is 18.5 Å². The van der Waals surface area contributed by atoms with Crippen LogP contribution in [0.5, 0.6) is 0 Å². The molecule has 0 bridgehead atoms. The minimum absolute atomic E-state index is 0.103. The summed E-state index contributed by atoms with van der Waals surface area (Å²) in [6, 6.07) is 0. The Hall–Kier alpha value is -1.14. The first-order valence-corrected chi connectivity index (χ1v) is 5.02. The Labute approximate surface area is 94.8 Å². The highest BCUT2D eigenvalue weighted by atomic mass is 16.4. The number of hydrogen-bond acceptors (Lipinski definition) is 4. The van der Waals surface area contributed by atoms with Crippen molar-refractivity contribution in [1.82, 2.24) is 5.32 Å². The molecule has 0 aliphatic heterocycles. The van der Waals surface area contributed by atoms with Crippen LogP contribution >= 0.6 is 0 Å². The second kappa shape index (κ2) is 5.27. The summed E-state index contributed by atoms with van der Waals surface area (Å²) in [6.07, 6.45) is -0.296. The van der Waals surface area contributed by atoms with Crippen molar-refractivity contribution in [2.45, 2.75) is 44.8 Å². The van der Waals surface area contributed by atoms with E-state index in [0.29, 0.717) is 0 Å². The summed E-state index contributed by atoms with van der Waals surface area (Å²) >= 11 is 0. The molecule has 0 spiro atoms. The van der Waals surface area contributed by atoms with Gasteiger partial charge in [0.15, 0.2) is 0 Å². The zero-order chi connectivity index (χ0) is 13.0. The molecule has 0 saturated heterocycles. The van der Waals surface area contributed by atoms with Gasteiger partial charge < -0.3 is 21.3 Å². The average molecular weight is 232 g/mol. The zero-order valence-electron chi connectivity index (χ0n) is 9.91. The summed E-state index contributed by atoms with van der Waals surface area (Å²) in [7, 11) is 0. The summed E-state index contributed by atoms with van der Waals surface area (Å²) in [5, 5.41) is 20.6. The molecule has 16 heavy (non-hydrogen) atoms. The number of nitrogens with two attached hydrogens (primary N) is 1. The normalized spacial score (nSPS) is 15.3. The molecule has 94 valence electrons. The SMILES string of the molecule is CC(C)(N)CC(=O)NCC(C)(O)CC(=O)O. The van der Waals surface area contributed by atoms with E-state index in [9.17, 15) is 14.7 Å². The van der Waals surface area contributed by atoms with Gasteiger partial charge in [-0.1, -0.05) is 0 Å². The third-order valence-corrected chi connectivity index (χ3v) is 1.81. The molecule has 1 amide bonds. The number of hydrogen-bond donors (Lipinski definition) is 4. The Morgan fingerprint density at radius 1 is 1.25 bits per heavy atom. The third kappa shape index (κ3) is 8.19. The molecule has 0 fully saturated rings. The number of carbonyl (C=O) groups excluding carboxylic acids is 1. The smallest absolute Gasteiger partial charge is 0.306 e. The van der Waals surface area contributed by atoms with Crippen LogP contribution in [0.3, 0.4) is 0 Å². The van der Waals surface area contributed by atoms with Gasteiger partial charge >= 0.3 is 5.97 Å². The van der Waals surface area contributed by atoms with Crippen LogP contribution in [-0.2, 0) is 9.59 Å². The molecular weight excluding hydrogens is 212 g/mol. The molecule has 0 saturated carbocycles. The molecule has 6 nitrogen and oxygen atoms in total. The van der Waals surface area contributed by atoms with Crippen molar-refractivity contribution in [3.63, 3.8) is 0 Å². The number of carbonyl (C=O) groups is 2. The van der Waals surface area contributed by atoms with Crippen molar-refractivity contribution < 1.29 is 19.8 Å². The Morgan fingerprint density at radius 3 is 2.12 bits per heavy atom. The third-order valence-electron chi connectivity index (χ3n) is 1.81. The predicted octanol–water partition coefficient (Wildman–Crippen LogP) is -0.544. The van der Waals surface area contributed by atoms with Crippen molar-refractivity contribution in [3.05, 3.63) is 0 Å². The molecule has 0 aliphatic carbocycles. The van der Waals surface area contributed by atoms with Gasteiger partial charge in [0.05, 0.1) is 12.0 Å². The first-order chi connectivity index (χ1) is 7.02. The minimum atomic E-state index is -1.44. The van der Waals surface area contributed by atoms with E-state index in [2.05, 4.69) is 5.32 Å². The summed E-state index contributed by atoms with van der Waals surface area (Å²) in [6.45, 7) is 4.67. The van der Waals surface area contributed by atoms with E-state index in [4.69, 9.17) is 10.8 Å². The molecule has 1 unspecified atom stereocenters. The highest BCUT2D eigenvalue weighted by Gasteiger charge is 2.25. The van der Waals surface area contributed by atoms with Crippen molar-refractivity contribution >= 4 is 11.9 Å². The molecule has 0 rings (SSSR count). The summed E-state index contributed by atoms with van der Waals surface area (Å²) in [5.41, 5.74) is 3.57. The molecule has 0 radical (unpaired) electrons. The van der Waals surface area contributed by atoms with E-state index in [0.717, 1.165) is 0 Å². The highest BCUT2D eigenvalue weighted by molar-refractivity contribution is 5.77. The number of aliphatic hydroxyl groups is 1. The first kappa shape index (κ1) is 14.9. The molecule has 0 aromatic heterocycles. The van der Waals surface area contributed by atoms with Crippen LogP contribution in [0.4, 0.5) is 0 Å². The van der Waals surface area contributed by atoms with Crippen molar-refractivity contribution in [1.29, 1.82) is 0 Å². The lowest BCUT2D eigenvalue weighted by Gasteiger charge is -2.23. The summed E-state index contributed by atoms with van der Waals surface area (Å²) < 4.78 is 0. The Balaban J connectivity index is 4.05. The highest BCUT2D eigenvalue weighted by Crippen LogP contribution is 2.08. The predicted molar refractivity (Wildman–Crippen MR) is 58.8 cm³/mol. The van der Waals surface area contributed by atoms with Crippen LogP contribution < -0.4 is 11.1 Å². The van der Waals surface area contributed by atoms with Crippen LogP contribution in [0, 0.1) is 0 Å². The monoisotopic (exact) mass is 232 g/mol.